The maximum Gasteiger partial charge on any atom is 0.348 e. The first kappa shape index (κ1) is 24.0. The molecule has 35 heavy (non-hydrogen) atoms. The number of hydrogen-bond donors (Lipinski definition) is 1. The molecule has 7 heteroatoms. The predicted octanol–water partition coefficient (Wildman–Crippen LogP) is 5.88. The predicted molar refractivity (Wildman–Crippen MR) is 129 cm³/mol. The van der Waals surface area contributed by atoms with Crippen LogP contribution in [0.25, 0.3) is 11.5 Å². The maximum absolute atomic E-state index is 13.5. The molecule has 3 aromatic carbocycles. The van der Waals surface area contributed by atoms with Gasteiger partial charge in [-0.3, -0.25) is 0 Å². The van der Waals surface area contributed by atoms with E-state index in [1.807, 2.05) is 37.3 Å². The van der Waals surface area contributed by atoms with Crippen molar-refractivity contribution >= 4 is 5.97 Å². The van der Waals surface area contributed by atoms with Crippen LogP contribution in [0.1, 0.15) is 23.9 Å². The average molecular weight is 476 g/mol. The summed E-state index contributed by atoms with van der Waals surface area (Å²) in [4.78, 5) is 16.5. The summed E-state index contributed by atoms with van der Waals surface area (Å²) in [5.41, 5.74) is 0.954. The summed E-state index contributed by atoms with van der Waals surface area (Å²) >= 11 is 0. The number of aryl methyl sites for hydroxylation is 1. The topological polar surface area (TPSA) is 81.8 Å². The van der Waals surface area contributed by atoms with Crippen LogP contribution < -0.4 is 9.47 Å². The van der Waals surface area contributed by atoms with Crippen LogP contribution in [0.15, 0.2) is 83.3 Å². The van der Waals surface area contributed by atoms with E-state index >= 15 is 0 Å². The van der Waals surface area contributed by atoms with E-state index in [2.05, 4.69) is 4.98 Å². The highest BCUT2D eigenvalue weighted by Crippen LogP contribution is 2.25. The molecular formula is C28H26FNO5. The van der Waals surface area contributed by atoms with Crippen molar-refractivity contribution in [2.45, 2.75) is 32.3 Å². The Kier molecular flexibility index (Phi) is 7.15. The first-order valence-electron chi connectivity index (χ1n) is 11.2. The van der Waals surface area contributed by atoms with Gasteiger partial charge in [-0.1, -0.05) is 36.4 Å². The van der Waals surface area contributed by atoms with Crippen LogP contribution >= 0.6 is 0 Å². The Hall–Kier alpha value is -4.13. The molecule has 0 aliphatic rings. The Morgan fingerprint density at radius 1 is 1.03 bits per heavy atom. The standard InChI is InChI=1S/C28H26FNO5/c1-19-25(30-26(34-19)21-7-4-3-5-8-21)15-16-33-23-13-11-20(12-14-23)18-28(2,27(31)32)35-24-10-6-9-22(29)17-24/h3-14,17H,15-16,18H2,1-2H3,(H,31,32). The van der Waals surface area contributed by atoms with Gasteiger partial charge in [-0.15, -0.1) is 0 Å². The minimum Gasteiger partial charge on any atom is -0.493 e. The lowest BCUT2D eigenvalue weighted by Gasteiger charge is -2.26. The molecule has 0 bridgehead atoms. The minimum absolute atomic E-state index is 0.0967. The third-order valence-electron chi connectivity index (χ3n) is 5.58. The Labute approximate surface area is 203 Å². The van der Waals surface area contributed by atoms with Crippen LogP contribution in [0.4, 0.5) is 4.39 Å². The highest BCUT2D eigenvalue weighted by atomic mass is 19.1. The summed E-state index contributed by atoms with van der Waals surface area (Å²) in [5, 5.41) is 9.74. The van der Waals surface area contributed by atoms with Crippen molar-refractivity contribution in [3.05, 3.63) is 102 Å². The third-order valence-corrected chi connectivity index (χ3v) is 5.58. The molecule has 6 nitrogen and oxygen atoms in total. The molecule has 180 valence electrons. The molecule has 1 atom stereocenters. The molecule has 4 rings (SSSR count). The summed E-state index contributed by atoms with van der Waals surface area (Å²) < 4.78 is 30.8. The number of rotatable bonds is 10. The van der Waals surface area contributed by atoms with Crippen molar-refractivity contribution in [3.8, 4) is 23.0 Å². The van der Waals surface area contributed by atoms with Gasteiger partial charge >= 0.3 is 5.97 Å². The molecule has 0 radical (unpaired) electrons. The molecule has 0 fully saturated rings. The van der Waals surface area contributed by atoms with Gasteiger partial charge in [-0.25, -0.2) is 14.2 Å². The zero-order valence-corrected chi connectivity index (χ0v) is 19.5. The van der Waals surface area contributed by atoms with E-state index in [-0.39, 0.29) is 12.2 Å². The van der Waals surface area contributed by atoms with Crippen LogP contribution in [-0.4, -0.2) is 28.3 Å². The normalized spacial score (nSPS) is 12.7. The van der Waals surface area contributed by atoms with Gasteiger partial charge in [-0.05, 0) is 55.8 Å². The zero-order chi connectivity index (χ0) is 24.8. The number of nitrogens with zero attached hydrogens (tertiary/aromatic N) is 1. The van der Waals surface area contributed by atoms with Gasteiger partial charge in [0, 0.05) is 24.5 Å². The number of carbonyl (C=O) groups is 1. The van der Waals surface area contributed by atoms with E-state index in [1.54, 1.807) is 24.3 Å². The number of carboxylic acid groups (broad SMARTS) is 1. The number of aromatic nitrogens is 1. The van der Waals surface area contributed by atoms with Gasteiger partial charge in [0.05, 0.1) is 12.3 Å². The molecule has 0 aliphatic heterocycles. The fraction of sp³-hybridized carbons (Fsp3) is 0.214. The van der Waals surface area contributed by atoms with Gasteiger partial charge in [0.1, 0.15) is 23.1 Å². The van der Waals surface area contributed by atoms with Crippen LogP contribution in [-0.2, 0) is 17.6 Å². The number of ether oxygens (including phenoxy) is 2. The highest BCUT2D eigenvalue weighted by Gasteiger charge is 2.36. The third kappa shape index (κ3) is 6.06. The summed E-state index contributed by atoms with van der Waals surface area (Å²) in [7, 11) is 0. The SMILES string of the molecule is Cc1oc(-c2ccccc2)nc1CCOc1ccc(CC(C)(Oc2cccc(F)c2)C(=O)O)cc1. The summed E-state index contributed by atoms with van der Waals surface area (Å²) in [6.07, 6.45) is 0.683. The van der Waals surface area contributed by atoms with Crippen LogP contribution in [0, 0.1) is 12.7 Å². The van der Waals surface area contributed by atoms with Crippen molar-refractivity contribution < 1.29 is 28.2 Å². The lowest BCUT2D eigenvalue weighted by Crippen LogP contribution is -2.43. The van der Waals surface area contributed by atoms with Crippen molar-refractivity contribution in [3.63, 3.8) is 0 Å². The number of benzene rings is 3. The number of halogens is 1. The second kappa shape index (κ2) is 10.4. The minimum atomic E-state index is -1.56. The quantitative estimate of drug-likeness (QED) is 0.309. The van der Waals surface area contributed by atoms with Crippen LogP contribution in [0.3, 0.4) is 0 Å². The monoisotopic (exact) mass is 475 g/mol. The molecule has 1 heterocycles. The maximum atomic E-state index is 13.5. The van der Waals surface area contributed by atoms with Gasteiger partial charge < -0.3 is 19.0 Å². The van der Waals surface area contributed by atoms with Gasteiger partial charge in [0.2, 0.25) is 11.5 Å². The van der Waals surface area contributed by atoms with Gasteiger partial charge in [0.15, 0.2) is 0 Å². The lowest BCUT2D eigenvalue weighted by atomic mass is 9.96. The Balaban J connectivity index is 1.35. The van der Waals surface area contributed by atoms with Crippen molar-refractivity contribution in [2.24, 2.45) is 0 Å². The van der Waals surface area contributed by atoms with E-state index in [1.165, 1.54) is 25.1 Å². The first-order chi connectivity index (χ1) is 16.8. The number of hydrogen-bond acceptors (Lipinski definition) is 5. The Morgan fingerprint density at radius 2 is 1.77 bits per heavy atom. The number of aliphatic carboxylic acids is 1. The van der Waals surface area contributed by atoms with E-state index in [0.29, 0.717) is 24.7 Å². The Morgan fingerprint density at radius 3 is 2.46 bits per heavy atom. The van der Waals surface area contributed by atoms with E-state index in [0.717, 1.165) is 28.6 Å². The fourth-order valence-corrected chi connectivity index (χ4v) is 3.67. The van der Waals surface area contributed by atoms with Crippen molar-refractivity contribution in [2.75, 3.05) is 6.61 Å². The van der Waals surface area contributed by atoms with Crippen molar-refractivity contribution in [1.29, 1.82) is 0 Å². The van der Waals surface area contributed by atoms with Gasteiger partial charge in [0.25, 0.3) is 0 Å². The number of carboxylic acids is 1. The molecule has 0 amide bonds. The van der Waals surface area contributed by atoms with E-state index in [4.69, 9.17) is 13.9 Å². The second-order valence-corrected chi connectivity index (χ2v) is 8.40. The fourth-order valence-electron chi connectivity index (χ4n) is 3.67. The van der Waals surface area contributed by atoms with Crippen LogP contribution in [0.2, 0.25) is 0 Å². The Bertz CT molecular complexity index is 1290. The molecule has 1 N–H and O–H groups in total. The van der Waals surface area contributed by atoms with Crippen molar-refractivity contribution in [1.82, 2.24) is 4.98 Å². The molecule has 0 saturated carbocycles. The second-order valence-electron chi connectivity index (χ2n) is 8.40. The number of oxazole rings is 1. The summed E-state index contributed by atoms with van der Waals surface area (Å²) in [5.74, 6) is 0.530. The molecule has 0 aliphatic carbocycles. The smallest absolute Gasteiger partial charge is 0.348 e. The summed E-state index contributed by atoms with van der Waals surface area (Å²) in [6, 6.07) is 22.3. The summed E-state index contributed by atoms with van der Waals surface area (Å²) in [6.45, 7) is 3.76. The zero-order valence-electron chi connectivity index (χ0n) is 19.5. The molecule has 1 unspecified atom stereocenters. The van der Waals surface area contributed by atoms with E-state index in [9.17, 15) is 14.3 Å². The molecule has 1 aromatic heterocycles. The van der Waals surface area contributed by atoms with E-state index < -0.39 is 17.4 Å². The molecular weight excluding hydrogens is 449 g/mol. The van der Waals surface area contributed by atoms with Gasteiger partial charge in [-0.2, -0.15) is 0 Å². The first-order valence-corrected chi connectivity index (χ1v) is 11.2. The van der Waals surface area contributed by atoms with Crippen LogP contribution in [0.5, 0.6) is 11.5 Å². The lowest BCUT2D eigenvalue weighted by molar-refractivity contribution is -0.153. The largest absolute Gasteiger partial charge is 0.493 e. The highest BCUT2D eigenvalue weighted by molar-refractivity contribution is 5.78. The molecule has 0 spiro atoms. The average Bonchev–Trinajstić information content (AvgIpc) is 3.21. The molecule has 4 aromatic rings. The molecule has 0 saturated heterocycles.